The first-order valence-electron chi connectivity index (χ1n) is 6.08. The topological polar surface area (TPSA) is 73.6 Å². The normalized spacial score (nSPS) is 15.0. The van der Waals surface area contributed by atoms with Crippen molar-refractivity contribution < 1.29 is 13.8 Å². The largest absolute Gasteiger partial charge is 0.497 e. The third kappa shape index (κ3) is 6.13. The third-order valence-corrected chi connectivity index (χ3v) is 6.37. The van der Waals surface area contributed by atoms with Crippen molar-refractivity contribution in [3.63, 3.8) is 0 Å². The summed E-state index contributed by atoms with van der Waals surface area (Å²) in [7, 11) is 1.59. The van der Waals surface area contributed by atoms with Gasteiger partial charge in [-0.1, -0.05) is 13.8 Å². The second kappa shape index (κ2) is 7.88. The Kier molecular flexibility index (Phi) is 6.82. The van der Waals surface area contributed by atoms with Gasteiger partial charge in [-0.3, -0.25) is 0 Å². The van der Waals surface area contributed by atoms with Crippen LogP contribution in [0, 0.1) is 0 Å². The van der Waals surface area contributed by atoms with Gasteiger partial charge in [-0.05, 0) is 54.3 Å². The maximum absolute atomic E-state index is 12.1. The summed E-state index contributed by atoms with van der Waals surface area (Å²) in [5.41, 5.74) is 6.35. The van der Waals surface area contributed by atoms with Crippen LogP contribution in [0.15, 0.2) is 24.3 Å². The van der Waals surface area contributed by atoms with Gasteiger partial charge < -0.3 is 14.6 Å². The van der Waals surface area contributed by atoms with Crippen molar-refractivity contribution >= 4 is 41.2 Å². The zero-order valence-corrected chi connectivity index (χ0v) is 14.2. The molecular weight excluding hydrogens is 315 g/mol. The molecule has 0 amide bonds. The molecule has 0 spiro atoms. The molecule has 0 aliphatic carbocycles. The van der Waals surface area contributed by atoms with E-state index >= 15 is 0 Å². The fourth-order valence-corrected chi connectivity index (χ4v) is 5.14. The number of methoxy groups -OCH3 is 1. The molecule has 0 radical (unpaired) electrons. The highest BCUT2D eigenvalue weighted by Gasteiger charge is 2.23. The van der Waals surface area contributed by atoms with Gasteiger partial charge in [0.15, 0.2) is 0 Å². The van der Waals surface area contributed by atoms with E-state index in [0.717, 1.165) is 23.6 Å². The van der Waals surface area contributed by atoms with Crippen LogP contribution in [0.4, 0.5) is 5.69 Å². The molecule has 0 bridgehead atoms. The maximum Gasteiger partial charge on any atom is 0.373 e. The quantitative estimate of drug-likeness (QED) is 0.601. The third-order valence-electron chi connectivity index (χ3n) is 2.45. The van der Waals surface area contributed by atoms with Crippen LogP contribution in [0.25, 0.3) is 0 Å². The summed E-state index contributed by atoms with van der Waals surface area (Å²) in [4.78, 5) is 0. The van der Waals surface area contributed by atoms with Gasteiger partial charge in [0, 0.05) is 10.9 Å². The Hall–Kier alpha value is -0.750. The van der Waals surface area contributed by atoms with E-state index < -0.39 is 6.72 Å². The monoisotopic (exact) mass is 334 g/mol. The molecule has 1 aromatic rings. The average Bonchev–Trinajstić information content (AvgIpc) is 2.38. The van der Waals surface area contributed by atoms with Crippen LogP contribution in [0.5, 0.6) is 5.75 Å². The number of thiocarbonyl (C=S) groups is 1. The summed E-state index contributed by atoms with van der Waals surface area (Å²) in [6.45, 7) is 0.644. The molecule has 8 heteroatoms. The second-order valence-electron chi connectivity index (χ2n) is 4.10. The summed E-state index contributed by atoms with van der Waals surface area (Å²) in [6, 6.07) is 7.11. The van der Waals surface area contributed by atoms with E-state index in [1.54, 1.807) is 31.4 Å². The van der Waals surface area contributed by atoms with Gasteiger partial charge in [-0.2, -0.15) is 0 Å². The van der Waals surface area contributed by atoms with E-state index in [-0.39, 0.29) is 10.4 Å². The van der Waals surface area contributed by atoms with Crippen LogP contribution in [-0.4, -0.2) is 17.5 Å². The predicted octanol–water partition coefficient (Wildman–Crippen LogP) is 4.01. The van der Waals surface area contributed by atoms with E-state index in [1.807, 2.05) is 13.8 Å². The van der Waals surface area contributed by atoms with Crippen LogP contribution >= 0.6 is 30.3 Å². The summed E-state index contributed by atoms with van der Waals surface area (Å²) in [5, 5.41) is 2.97. The smallest absolute Gasteiger partial charge is 0.373 e. The van der Waals surface area contributed by atoms with Crippen LogP contribution < -0.4 is 15.6 Å². The number of anilines is 1. The van der Waals surface area contributed by atoms with Gasteiger partial charge in [0.05, 0.1) is 7.11 Å². The number of ether oxygens (including phenoxy) is 1. The molecule has 0 heterocycles. The maximum atomic E-state index is 12.1. The van der Waals surface area contributed by atoms with Crippen molar-refractivity contribution in [3.05, 3.63) is 24.3 Å². The zero-order chi connectivity index (χ0) is 15.2. The van der Waals surface area contributed by atoms with Gasteiger partial charge in [0.2, 0.25) is 0 Å². The van der Waals surface area contributed by atoms with Crippen LogP contribution in [0.3, 0.4) is 0 Å². The Morgan fingerprint density at radius 3 is 2.60 bits per heavy atom. The van der Waals surface area contributed by atoms with E-state index in [9.17, 15) is 4.57 Å². The van der Waals surface area contributed by atoms with Gasteiger partial charge >= 0.3 is 6.72 Å². The van der Waals surface area contributed by atoms with E-state index in [1.165, 1.54) is 0 Å². The van der Waals surface area contributed by atoms with Crippen LogP contribution in [-0.2, 0) is 9.09 Å². The van der Waals surface area contributed by atoms with Crippen molar-refractivity contribution in [2.75, 3.05) is 12.4 Å². The van der Waals surface area contributed by atoms with Crippen molar-refractivity contribution in [2.45, 2.75) is 25.5 Å². The van der Waals surface area contributed by atoms with E-state index in [0.29, 0.717) is 5.69 Å². The molecule has 20 heavy (non-hydrogen) atoms. The minimum absolute atomic E-state index is 0.00296. The van der Waals surface area contributed by atoms with Gasteiger partial charge in [0.25, 0.3) is 5.17 Å². The van der Waals surface area contributed by atoms with Gasteiger partial charge in [-0.15, -0.1) is 0 Å². The summed E-state index contributed by atoms with van der Waals surface area (Å²) in [5.74, 6) is 0.735. The van der Waals surface area contributed by atoms with Gasteiger partial charge in [0.1, 0.15) is 5.75 Å². The summed E-state index contributed by atoms with van der Waals surface area (Å²) >= 11 is 6.11. The molecule has 1 rings (SSSR count). The highest BCUT2D eigenvalue weighted by Crippen LogP contribution is 2.55. The van der Waals surface area contributed by atoms with Crippen LogP contribution in [0.2, 0.25) is 0 Å². The van der Waals surface area contributed by atoms with Crippen molar-refractivity contribution in [1.82, 2.24) is 0 Å². The highest BCUT2D eigenvalue weighted by atomic mass is 32.7. The number of hydrogen-bond acceptors (Lipinski definition) is 5. The Labute approximate surface area is 128 Å². The number of rotatable bonds is 6. The minimum atomic E-state index is -3.29. The van der Waals surface area contributed by atoms with Crippen molar-refractivity contribution in [3.8, 4) is 5.75 Å². The Bertz CT molecular complexity index is 496. The Morgan fingerprint density at radius 2 is 2.10 bits per heavy atom. The molecule has 2 unspecified atom stereocenters. The molecule has 0 saturated heterocycles. The zero-order valence-electron chi connectivity index (χ0n) is 11.7. The first kappa shape index (κ1) is 17.3. The minimum Gasteiger partial charge on any atom is -0.497 e. The molecule has 2 atom stereocenters. The fraction of sp³-hybridized carbons (Fsp3) is 0.417. The Morgan fingerprint density at radius 1 is 1.50 bits per heavy atom. The predicted molar refractivity (Wildman–Crippen MR) is 89.4 cm³/mol. The Balaban J connectivity index is 2.56. The SMILES string of the molecule is CCC(C)SP(N)(=O)OC(=S)Nc1ccc(OC)cc1. The lowest BCUT2D eigenvalue weighted by Crippen LogP contribution is -2.14. The summed E-state index contributed by atoms with van der Waals surface area (Å²) < 4.78 is 22.3. The molecule has 0 aromatic heterocycles. The molecule has 5 nitrogen and oxygen atoms in total. The fourth-order valence-electron chi connectivity index (χ4n) is 1.28. The van der Waals surface area contributed by atoms with Crippen molar-refractivity contribution in [2.24, 2.45) is 5.50 Å². The lowest BCUT2D eigenvalue weighted by molar-refractivity contribution is 0.415. The lowest BCUT2D eigenvalue weighted by atomic mass is 10.3. The first-order chi connectivity index (χ1) is 9.36. The molecule has 112 valence electrons. The molecule has 3 N–H and O–H groups in total. The average molecular weight is 334 g/mol. The summed E-state index contributed by atoms with van der Waals surface area (Å²) in [6.07, 6.45) is 0.855. The number of benzene rings is 1. The van der Waals surface area contributed by atoms with Crippen LogP contribution in [0.1, 0.15) is 20.3 Å². The molecular formula is C12H19N2O3PS2. The molecule has 0 aliphatic heterocycles. The van der Waals surface area contributed by atoms with E-state index in [4.69, 9.17) is 27.0 Å². The number of hydrogen-bond donors (Lipinski definition) is 2. The molecule has 0 aliphatic rings. The van der Waals surface area contributed by atoms with E-state index in [2.05, 4.69) is 5.32 Å². The van der Waals surface area contributed by atoms with Gasteiger partial charge in [-0.25, -0.2) is 10.1 Å². The second-order valence-corrected chi connectivity index (χ2v) is 8.90. The number of nitrogens with two attached hydrogens (primary N) is 1. The number of nitrogens with one attached hydrogen (secondary N) is 1. The first-order valence-corrected chi connectivity index (χ1v) is 9.66. The lowest BCUT2D eigenvalue weighted by Gasteiger charge is -2.18. The standard InChI is InChI=1S/C12H19N2O3PS2/c1-4-9(2)20-18(13,15)17-12(19)14-10-5-7-11(16-3)8-6-10/h5-9H,4H2,1-3H3,(H2,13,15)(H,14,19). The molecule has 1 aromatic carbocycles. The molecule has 0 fully saturated rings. The van der Waals surface area contributed by atoms with Crippen molar-refractivity contribution in [1.29, 1.82) is 0 Å². The highest BCUT2D eigenvalue weighted by molar-refractivity contribution is 8.56. The molecule has 0 saturated carbocycles.